The number of aromatic nitrogens is 1. The van der Waals surface area contributed by atoms with Gasteiger partial charge in [-0.25, -0.2) is 4.98 Å². The predicted molar refractivity (Wildman–Crippen MR) is 62.8 cm³/mol. The van der Waals surface area contributed by atoms with Gasteiger partial charge in [0.1, 0.15) is 0 Å². The molecule has 0 aromatic carbocycles. The van der Waals surface area contributed by atoms with Crippen LogP contribution in [0.4, 0.5) is 0 Å². The predicted octanol–water partition coefficient (Wildman–Crippen LogP) is 3.29. The molecule has 1 heterocycles. The second kappa shape index (κ2) is 6.14. The standard InChI is InChI=1S/C11H20N2S/c1-4-5-6-7-10(12-3)11-8-13-9(2)14-11/h8,10,12H,4-7H2,1-3H3. The lowest BCUT2D eigenvalue weighted by Crippen LogP contribution is -2.14. The SMILES string of the molecule is CCCCCC(NC)c1cnc(C)s1. The van der Waals surface area contributed by atoms with Crippen LogP contribution in [0.2, 0.25) is 0 Å². The fraction of sp³-hybridized carbons (Fsp3) is 0.727. The van der Waals surface area contributed by atoms with Gasteiger partial charge in [-0.2, -0.15) is 0 Å². The number of nitrogens with one attached hydrogen (secondary N) is 1. The number of hydrogen-bond acceptors (Lipinski definition) is 3. The van der Waals surface area contributed by atoms with Gasteiger partial charge >= 0.3 is 0 Å². The van der Waals surface area contributed by atoms with Crippen LogP contribution in [-0.2, 0) is 0 Å². The molecule has 0 aliphatic carbocycles. The molecule has 14 heavy (non-hydrogen) atoms. The van der Waals surface area contributed by atoms with Crippen molar-refractivity contribution >= 4 is 11.3 Å². The number of thiazole rings is 1. The molecule has 0 radical (unpaired) electrons. The van der Waals surface area contributed by atoms with Crippen molar-refractivity contribution in [1.82, 2.24) is 10.3 Å². The van der Waals surface area contributed by atoms with Gasteiger partial charge in [0, 0.05) is 17.1 Å². The molecule has 0 amide bonds. The van der Waals surface area contributed by atoms with Gasteiger partial charge in [0.2, 0.25) is 0 Å². The Balaban J connectivity index is 2.45. The smallest absolute Gasteiger partial charge is 0.0897 e. The highest BCUT2D eigenvalue weighted by molar-refractivity contribution is 7.11. The van der Waals surface area contributed by atoms with E-state index in [4.69, 9.17) is 0 Å². The Morgan fingerprint density at radius 1 is 1.50 bits per heavy atom. The maximum absolute atomic E-state index is 4.29. The first-order valence-corrected chi connectivity index (χ1v) is 6.19. The molecule has 2 nitrogen and oxygen atoms in total. The van der Waals surface area contributed by atoms with Crippen LogP contribution >= 0.6 is 11.3 Å². The van der Waals surface area contributed by atoms with Crippen LogP contribution in [0.15, 0.2) is 6.20 Å². The highest BCUT2D eigenvalue weighted by Crippen LogP contribution is 2.24. The zero-order chi connectivity index (χ0) is 10.4. The molecule has 1 rings (SSSR count). The zero-order valence-corrected chi connectivity index (χ0v) is 10.2. The highest BCUT2D eigenvalue weighted by atomic mass is 32.1. The summed E-state index contributed by atoms with van der Waals surface area (Å²) in [4.78, 5) is 5.67. The Morgan fingerprint density at radius 2 is 2.29 bits per heavy atom. The largest absolute Gasteiger partial charge is 0.312 e. The van der Waals surface area contributed by atoms with Crippen molar-refractivity contribution < 1.29 is 0 Å². The Labute approximate surface area is 90.8 Å². The lowest BCUT2D eigenvalue weighted by atomic mass is 10.1. The minimum atomic E-state index is 0.507. The third-order valence-electron chi connectivity index (χ3n) is 2.43. The van der Waals surface area contributed by atoms with Crippen LogP contribution in [0.25, 0.3) is 0 Å². The van der Waals surface area contributed by atoms with Gasteiger partial charge in [0.15, 0.2) is 0 Å². The summed E-state index contributed by atoms with van der Waals surface area (Å²) in [5.41, 5.74) is 0. The average molecular weight is 212 g/mol. The zero-order valence-electron chi connectivity index (χ0n) is 9.34. The molecule has 1 aromatic heterocycles. The van der Waals surface area contributed by atoms with Crippen LogP contribution in [0.1, 0.15) is 48.5 Å². The monoisotopic (exact) mass is 212 g/mol. The van der Waals surface area contributed by atoms with E-state index in [1.54, 1.807) is 11.3 Å². The molecule has 1 unspecified atom stereocenters. The van der Waals surface area contributed by atoms with E-state index in [1.165, 1.54) is 30.6 Å². The topological polar surface area (TPSA) is 24.9 Å². The normalized spacial score (nSPS) is 13.1. The molecule has 0 spiro atoms. The molecule has 0 fully saturated rings. The molecule has 0 bridgehead atoms. The van der Waals surface area contributed by atoms with Crippen molar-refractivity contribution in [3.05, 3.63) is 16.1 Å². The molecular weight excluding hydrogens is 192 g/mol. The summed E-state index contributed by atoms with van der Waals surface area (Å²) in [6.07, 6.45) is 7.16. The second-order valence-electron chi connectivity index (χ2n) is 3.62. The van der Waals surface area contributed by atoms with E-state index in [9.17, 15) is 0 Å². The molecule has 1 N–H and O–H groups in total. The maximum Gasteiger partial charge on any atom is 0.0897 e. The van der Waals surface area contributed by atoms with E-state index >= 15 is 0 Å². The van der Waals surface area contributed by atoms with Crippen molar-refractivity contribution in [2.75, 3.05) is 7.05 Å². The summed E-state index contributed by atoms with van der Waals surface area (Å²) in [5, 5.41) is 4.52. The molecule has 3 heteroatoms. The third-order valence-corrected chi connectivity index (χ3v) is 3.45. The van der Waals surface area contributed by atoms with Gasteiger partial charge in [-0.1, -0.05) is 26.2 Å². The molecule has 0 saturated carbocycles. The van der Waals surface area contributed by atoms with Crippen molar-refractivity contribution in [1.29, 1.82) is 0 Å². The van der Waals surface area contributed by atoms with Gasteiger partial charge in [-0.3, -0.25) is 0 Å². The minimum absolute atomic E-state index is 0.507. The Hall–Kier alpha value is -0.410. The number of rotatable bonds is 6. The molecule has 1 atom stereocenters. The minimum Gasteiger partial charge on any atom is -0.312 e. The molecule has 1 aromatic rings. The maximum atomic E-state index is 4.29. The van der Waals surface area contributed by atoms with E-state index in [2.05, 4.69) is 24.1 Å². The summed E-state index contributed by atoms with van der Waals surface area (Å²) >= 11 is 1.80. The first-order valence-electron chi connectivity index (χ1n) is 5.37. The van der Waals surface area contributed by atoms with E-state index in [0.29, 0.717) is 6.04 Å². The van der Waals surface area contributed by atoms with Crippen LogP contribution in [-0.4, -0.2) is 12.0 Å². The second-order valence-corrected chi connectivity index (χ2v) is 4.89. The number of aryl methyl sites for hydroxylation is 1. The quantitative estimate of drug-likeness (QED) is 0.732. The summed E-state index contributed by atoms with van der Waals surface area (Å²) in [6, 6.07) is 0.507. The van der Waals surface area contributed by atoms with Gasteiger partial charge in [-0.05, 0) is 20.4 Å². The van der Waals surface area contributed by atoms with Crippen molar-refractivity contribution in [2.45, 2.75) is 45.6 Å². The van der Waals surface area contributed by atoms with Gasteiger partial charge in [0.05, 0.1) is 5.01 Å². The fourth-order valence-electron chi connectivity index (χ4n) is 1.57. The summed E-state index contributed by atoms with van der Waals surface area (Å²) in [5.74, 6) is 0. The Kier molecular flexibility index (Phi) is 5.12. The Bertz CT molecular complexity index is 258. The average Bonchev–Trinajstić information content (AvgIpc) is 2.60. The molecular formula is C11H20N2S. The summed E-state index contributed by atoms with van der Waals surface area (Å²) in [6.45, 7) is 4.30. The van der Waals surface area contributed by atoms with Crippen LogP contribution in [0, 0.1) is 6.92 Å². The number of nitrogens with zero attached hydrogens (tertiary/aromatic N) is 1. The van der Waals surface area contributed by atoms with E-state index < -0.39 is 0 Å². The fourth-order valence-corrected chi connectivity index (χ4v) is 2.50. The molecule has 0 saturated heterocycles. The van der Waals surface area contributed by atoms with Crippen LogP contribution in [0.5, 0.6) is 0 Å². The van der Waals surface area contributed by atoms with E-state index in [-0.39, 0.29) is 0 Å². The van der Waals surface area contributed by atoms with Gasteiger partial charge < -0.3 is 5.32 Å². The summed E-state index contributed by atoms with van der Waals surface area (Å²) in [7, 11) is 2.03. The first-order chi connectivity index (χ1) is 6.77. The highest BCUT2D eigenvalue weighted by Gasteiger charge is 2.10. The van der Waals surface area contributed by atoms with Crippen LogP contribution < -0.4 is 5.32 Å². The van der Waals surface area contributed by atoms with Crippen molar-refractivity contribution in [2.24, 2.45) is 0 Å². The van der Waals surface area contributed by atoms with Gasteiger partial charge in [0.25, 0.3) is 0 Å². The van der Waals surface area contributed by atoms with Crippen molar-refractivity contribution in [3.8, 4) is 0 Å². The number of hydrogen-bond donors (Lipinski definition) is 1. The lowest BCUT2D eigenvalue weighted by molar-refractivity contribution is 0.518. The van der Waals surface area contributed by atoms with E-state index in [1.807, 2.05) is 13.2 Å². The lowest BCUT2D eigenvalue weighted by Gasteiger charge is -2.13. The molecule has 80 valence electrons. The molecule has 0 aliphatic heterocycles. The van der Waals surface area contributed by atoms with Crippen molar-refractivity contribution in [3.63, 3.8) is 0 Å². The Morgan fingerprint density at radius 3 is 2.79 bits per heavy atom. The first kappa shape index (κ1) is 11.7. The van der Waals surface area contributed by atoms with Crippen LogP contribution in [0.3, 0.4) is 0 Å². The summed E-state index contributed by atoms with van der Waals surface area (Å²) < 4.78 is 0. The third kappa shape index (κ3) is 3.39. The number of unbranched alkanes of at least 4 members (excludes halogenated alkanes) is 2. The molecule has 0 aliphatic rings. The van der Waals surface area contributed by atoms with Gasteiger partial charge in [-0.15, -0.1) is 11.3 Å². The van der Waals surface area contributed by atoms with E-state index in [0.717, 1.165) is 5.01 Å².